The van der Waals surface area contributed by atoms with E-state index in [0.717, 1.165) is 15.2 Å². The van der Waals surface area contributed by atoms with Crippen LogP contribution in [0.15, 0.2) is 15.9 Å². The molecule has 0 saturated carbocycles. The average molecular weight is 331 g/mol. The molecule has 1 aromatic rings. The van der Waals surface area contributed by atoms with E-state index in [4.69, 9.17) is 0 Å². The number of halogens is 1. The summed E-state index contributed by atoms with van der Waals surface area (Å²) in [6.45, 7) is 6.27. The van der Waals surface area contributed by atoms with E-state index in [-0.39, 0.29) is 11.3 Å². The number of rotatable bonds is 3. The number of carbonyl (C=O) groups excluding carboxylic acids is 1. The summed E-state index contributed by atoms with van der Waals surface area (Å²) in [6, 6.07) is 4.12. The Bertz CT molecular complexity index is 430. The molecule has 0 aromatic carbocycles. The van der Waals surface area contributed by atoms with E-state index in [9.17, 15) is 4.79 Å². The molecule has 0 aliphatic carbocycles. The first-order valence-electron chi connectivity index (χ1n) is 6.26. The van der Waals surface area contributed by atoms with Crippen molar-refractivity contribution in [1.29, 1.82) is 0 Å². The molecule has 1 aliphatic heterocycles. The van der Waals surface area contributed by atoms with Gasteiger partial charge in [-0.25, -0.2) is 0 Å². The van der Waals surface area contributed by atoms with E-state index in [0.29, 0.717) is 12.6 Å². The quantitative estimate of drug-likeness (QED) is 0.894. The van der Waals surface area contributed by atoms with Crippen molar-refractivity contribution in [2.75, 3.05) is 13.1 Å². The molecule has 0 radical (unpaired) electrons. The molecule has 5 heteroatoms. The number of carbonyl (C=O) groups is 1. The number of piperidine rings is 1. The van der Waals surface area contributed by atoms with Gasteiger partial charge in [0.05, 0.1) is 8.66 Å². The van der Waals surface area contributed by atoms with Crippen LogP contribution < -0.4 is 10.6 Å². The molecule has 1 fully saturated rings. The van der Waals surface area contributed by atoms with Gasteiger partial charge in [0, 0.05) is 12.6 Å². The van der Waals surface area contributed by atoms with E-state index in [1.807, 2.05) is 12.1 Å². The molecule has 1 saturated heterocycles. The van der Waals surface area contributed by atoms with Gasteiger partial charge >= 0.3 is 0 Å². The highest BCUT2D eigenvalue weighted by molar-refractivity contribution is 9.11. The van der Waals surface area contributed by atoms with Crippen LogP contribution in [0.1, 0.15) is 36.4 Å². The Balaban J connectivity index is 1.89. The fourth-order valence-corrected chi connectivity index (χ4v) is 3.64. The van der Waals surface area contributed by atoms with Gasteiger partial charge in [-0.15, -0.1) is 11.3 Å². The second-order valence-electron chi connectivity index (χ2n) is 5.41. The minimum Gasteiger partial charge on any atom is -0.350 e. The first kappa shape index (κ1) is 14.0. The topological polar surface area (TPSA) is 41.1 Å². The summed E-state index contributed by atoms with van der Waals surface area (Å²) in [6.07, 6.45) is 2.43. The largest absolute Gasteiger partial charge is 0.350 e. The third-order valence-electron chi connectivity index (χ3n) is 3.60. The fraction of sp³-hybridized carbons (Fsp3) is 0.615. The Hall–Kier alpha value is -0.390. The maximum Gasteiger partial charge on any atom is 0.261 e. The van der Waals surface area contributed by atoms with E-state index >= 15 is 0 Å². The number of hydrogen-bond donors (Lipinski definition) is 2. The molecule has 2 rings (SSSR count). The SMILES string of the molecule is CC1(C)CCCNC1CNC(=O)c1ccc(Br)s1. The molecule has 18 heavy (non-hydrogen) atoms. The minimum atomic E-state index is 0.0221. The molecule has 2 heterocycles. The summed E-state index contributed by atoms with van der Waals surface area (Å²) in [5.41, 5.74) is 0.252. The number of hydrogen-bond acceptors (Lipinski definition) is 3. The van der Waals surface area contributed by atoms with Gasteiger partial charge in [-0.05, 0) is 52.9 Å². The predicted octanol–water partition coefficient (Wildman–Crippen LogP) is 3.02. The smallest absolute Gasteiger partial charge is 0.261 e. The van der Waals surface area contributed by atoms with Crippen molar-refractivity contribution in [2.45, 2.75) is 32.7 Å². The molecule has 1 aliphatic rings. The maximum absolute atomic E-state index is 12.0. The van der Waals surface area contributed by atoms with E-state index in [1.54, 1.807) is 0 Å². The van der Waals surface area contributed by atoms with Crippen molar-refractivity contribution in [3.63, 3.8) is 0 Å². The van der Waals surface area contributed by atoms with E-state index in [2.05, 4.69) is 40.4 Å². The molecular weight excluding hydrogens is 312 g/mol. The van der Waals surface area contributed by atoms with Gasteiger partial charge in [0.15, 0.2) is 0 Å². The lowest BCUT2D eigenvalue weighted by molar-refractivity contribution is 0.0933. The van der Waals surface area contributed by atoms with Gasteiger partial charge in [0.2, 0.25) is 0 Å². The number of nitrogens with one attached hydrogen (secondary N) is 2. The monoisotopic (exact) mass is 330 g/mol. The van der Waals surface area contributed by atoms with Crippen LogP contribution in [0.3, 0.4) is 0 Å². The number of thiophene rings is 1. The second-order valence-corrected chi connectivity index (χ2v) is 7.88. The highest BCUT2D eigenvalue weighted by Gasteiger charge is 2.32. The summed E-state index contributed by atoms with van der Waals surface area (Å²) in [5, 5.41) is 6.53. The third-order valence-corrected chi connectivity index (χ3v) is 5.22. The Morgan fingerprint density at radius 3 is 3.00 bits per heavy atom. The van der Waals surface area contributed by atoms with Gasteiger partial charge in [-0.1, -0.05) is 13.8 Å². The van der Waals surface area contributed by atoms with Crippen molar-refractivity contribution >= 4 is 33.2 Å². The molecule has 1 atom stereocenters. The standard InChI is InChI=1S/C13H19BrN2OS/c1-13(2)6-3-7-15-10(13)8-16-12(17)9-4-5-11(14)18-9/h4-5,10,15H,3,6-8H2,1-2H3,(H,16,17). The molecule has 1 aromatic heterocycles. The van der Waals surface area contributed by atoms with Crippen LogP contribution >= 0.6 is 27.3 Å². The lowest BCUT2D eigenvalue weighted by atomic mass is 9.77. The van der Waals surface area contributed by atoms with Gasteiger partial charge < -0.3 is 10.6 Å². The average Bonchev–Trinajstić information content (AvgIpc) is 2.73. The Morgan fingerprint density at radius 2 is 2.39 bits per heavy atom. The summed E-state index contributed by atoms with van der Waals surface area (Å²) in [4.78, 5) is 12.7. The zero-order valence-electron chi connectivity index (χ0n) is 10.8. The number of amides is 1. The zero-order valence-corrected chi connectivity index (χ0v) is 13.2. The van der Waals surface area contributed by atoms with Crippen LogP contribution in [-0.2, 0) is 0 Å². The van der Waals surface area contributed by atoms with Crippen LogP contribution in [0.4, 0.5) is 0 Å². The Kier molecular flexibility index (Phi) is 4.45. The maximum atomic E-state index is 12.0. The molecule has 3 nitrogen and oxygen atoms in total. The van der Waals surface area contributed by atoms with Crippen molar-refractivity contribution in [1.82, 2.24) is 10.6 Å². The first-order valence-corrected chi connectivity index (χ1v) is 7.87. The lowest BCUT2D eigenvalue weighted by Gasteiger charge is -2.39. The normalized spacial score (nSPS) is 22.7. The Labute approximate surface area is 120 Å². The summed E-state index contributed by atoms with van der Waals surface area (Å²) < 4.78 is 0.990. The van der Waals surface area contributed by atoms with E-state index < -0.39 is 0 Å². The van der Waals surface area contributed by atoms with Gasteiger partial charge in [-0.2, -0.15) is 0 Å². The highest BCUT2D eigenvalue weighted by Crippen LogP contribution is 2.29. The molecule has 100 valence electrons. The van der Waals surface area contributed by atoms with Crippen LogP contribution in [0.2, 0.25) is 0 Å². The van der Waals surface area contributed by atoms with Crippen molar-refractivity contribution in [2.24, 2.45) is 5.41 Å². The molecule has 0 bridgehead atoms. The lowest BCUT2D eigenvalue weighted by Crippen LogP contribution is -2.52. The first-order chi connectivity index (χ1) is 8.49. The van der Waals surface area contributed by atoms with Crippen LogP contribution in [0, 0.1) is 5.41 Å². The zero-order chi connectivity index (χ0) is 13.2. The molecular formula is C13H19BrN2OS. The van der Waals surface area contributed by atoms with Crippen LogP contribution in [-0.4, -0.2) is 25.0 Å². The van der Waals surface area contributed by atoms with E-state index in [1.165, 1.54) is 24.2 Å². The van der Waals surface area contributed by atoms with Gasteiger partial charge in [0.1, 0.15) is 0 Å². The van der Waals surface area contributed by atoms with Crippen molar-refractivity contribution < 1.29 is 4.79 Å². The van der Waals surface area contributed by atoms with Crippen molar-refractivity contribution in [3.8, 4) is 0 Å². The second kappa shape index (κ2) is 5.72. The van der Waals surface area contributed by atoms with Crippen LogP contribution in [0.25, 0.3) is 0 Å². The Morgan fingerprint density at radius 1 is 1.61 bits per heavy atom. The minimum absolute atomic E-state index is 0.0221. The molecule has 1 amide bonds. The third kappa shape index (κ3) is 3.33. The van der Waals surface area contributed by atoms with Crippen molar-refractivity contribution in [3.05, 3.63) is 20.8 Å². The van der Waals surface area contributed by atoms with Gasteiger partial charge in [-0.3, -0.25) is 4.79 Å². The fourth-order valence-electron chi connectivity index (χ4n) is 2.34. The summed E-state index contributed by atoms with van der Waals surface area (Å²) in [7, 11) is 0. The summed E-state index contributed by atoms with van der Waals surface area (Å²) in [5.74, 6) is 0.0221. The van der Waals surface area contributed by atoms with Crippen LogP contribution in [0.5, 0.6) is 0 Å². The summed E-state index contributed by atoms with van der Waals surface area (Å²) >= 11 is 4.84. The predicted molar refractivity (Wildman–Crippen MR) is 79.2 cm³/mol. The molecule has 2 N–H and O–H groups in total. The molecule has 0 spiro atoms. The molecule has 1 unspecified atom stereocenters. The van der Waals surface area contributed by atoms with Gasteiger partial charge in [0.25, 0.3) is 5.91 Å². The highest BCUT2D eigenvalue weighted by atomic mass is 79.9.